The molecule has 0 aromatic carbocycles. The van der Waals surface area contributed by atoms with Crippen LogP contribution in [-0.2, 0) is 0 Å². The Kier molecular flexibility index (Phi) is 1.21. The van der Waals surface area contributed by atoms with Gasteiger partial charge in [-0.05, 0) is 12.1 Å². The van der Waals surface area contributed by atoms with Crippen LogP contribution < -0.4 is 5.46 Å². The third kappa shape index (κ3) is 0.907. The van der Waals surface area contributed by atoms with E-state index in [1.165, 1.54) is 16.8 Å². The third-order valence-electron chi connectivity index (χ3n) is 1.51. The van der Waals surface area contributed by atoms with Crippen molar-refractivity contribution in [2.75, 3.05) is 0 Å². The molecule has 0 fully saturated rings. The van der Waals surface area contributed by atoms with Crippen LogP contribution in [0.5, 0.6) is 0 Å². The fourth-order valence-corrected chi connectivity index (χ4v) is 1.02. The maximum Gasteiger partial charge on any atom is 0.140 e. The third-order valence-corrected chi connectivity index (χ3v) is 1.51. The SMILES string of the molecule is [B]c1cc(F)cn2nccc12. The topological polar surface area (TPSA) is 17.3 Å². The highest BCUT2D eigenvalue weighted by Crippen LogP contribution is 1.99. The van der Waals surface area contributed by atoms with Gasteiger partial charge in [-0.25, -0.2) is 8.91 Å². The Morgan fingerprint density at radius 2 is 2.36 bits per heavy atom. The number of hydrogen-bond acceptors (Lipinski definition) is 1. The molecule has 0 aliphatic heterocycles. The van der Waals surface area contributed by atoms with Crippen LogP contribution in [0.4, 0.5) is 4.39 Å². The number of fused-ring (bicyclic) bond motifs is 1. The molecule has 2 heterocycles. The summed E-state index contributed by atoms with van der Waals surface area (Å²) in [4.78, 5) is 0. The van der Waals surface area contributed by atoms with Crippen molar-refractivity contribution in [1.29, 1.82) is 0 Å². The summed E-state index contributed by atoms with van der Waals surface area (Å²) in [5.74, 6) is -0.376. The molecule has 0 atom stereocenters. The lowest BCUT2D eigenvalue weighted by Crippen LogP contribution is -2.08. The minimum Gasteiger partial charge on any atom is -0.239 e. The second-order valence-electron chi connectivity index (χ2n) is 2.27. The van der Waals surface area contributed by atoms with E-state index in [2.05, 4.69) is 5.10 Å². The van der Waals surface area contributed by atoms with E-state index in [4.69, 9.17) is 7.85 Å². The number of nitrogens with zero attached hydrogens (tertiary/aromatic N) is 2. The van der Waals surface area contributed by atoms with E-state index in [0.29, 0.717) is 5.46 Å². The molecule has 0 aliphatic rings. The van der Waals surface area contributed by atoms with Crippen molar-refractivity contribution < 1.29 is 4.39 Å². The van der Waals surface area contributed by atoms with Crippen molar-refractivity contribution in [2.24, 2.45) is 0 Å². The Balaban J connectivity index is 2.91. The van der Waals surface area contributed by atoms with E-state index in [1.54, 1.807) is 12.3 Å². The average Bonchev–Trinajstić information content (AvgIpc) is 2.34. The largest absolute Gasteiger partial charge is 0.239 e. The van der Waals surface area contributed by atoms with E-state index in [0.717, 1.165) is 5.52 Å². The van der Waals surface area contributed by atoms with Crippen LogP contribution >= 0.6 is 0 Å². The van der Waals surface area contributed by atoms with Gasteiger partial charge in [0.1, 0.15) is 13.7 Å². The van der Waals surface area contributed by atoms with Crippen LogP contribution in [0.15, 0.2) is 24.5 Å². The molecule has 2 radical (unpaired) electrons. The Morgan fingerprint density at radius 3 is 3.18 bits per heavy atom. The molecule has 0 spiro atoms. The van der Waals surface area contributed by atoms with Gasteiger partial charge in [-0.3, -0.25) is 0 Å². The van der Waals surface area contributed by atoms with Gasteiger partial charge in [0.05, 0.1) is 11.7 Å². The predicted molar refractivity (Wildman–Crippen MR) is 40.5 cm³/mol. The highest BCUT2D eigenvalue weighted by Gasteiger charge is 1.98. The van der Waals surface area contributed by atoms with E-state index in [1.807, 2.05) is 0 Å². The first-order valence-electron chi connectivity index (χ1n) is 3.16. The van der Waals surface area contributed by atoms with Crippen molar-refractivity contribution in [2.45, 2.75) is 0 Å². The zero-order valence-corrected chi connectivity index (χ0v) is 5.66. The molecular weight excluding hydrogens is 142 g/mol. The lowest BCUT2D eigenvalue weighted by molar-refractivity contribution is 0.616. The van der Waals surface area contributed by atoms with Gasteiger partial charge in [0, 0.05) is 6.20 Å². The fourth-order valence-electron chi connectivity index (χ4n) is 1.02. The Hall–Kier alpha value is -1.32. The highest BCUT2D eigenvalue weighted by molar-refractivity contribution is 6.36. The highest BCUT2D eigenvalue weighted by atomic mass is 19.1. The van der Waals surface area contributed by atoms with Gasteiger partial charge in [-0.1, -0.05) is 5.46 Å². The van der Waals surface area contributed by atoms with E-state index in [9.17, 15) is 4.39 Å². The van der Waals surface area contributed by atoms with Crippen LogP contribution in [0, 0.1) is 5.82 Å². The maximum atomic E-state index is 12.6. The summed E-state index contributed by atoms with van der Waals surface area (Å²) in [5.41, 5.74) is 1.13. The molecule has 0 aliphatic carbocycles. The average molecular weight is 146 g/mol. The number of rotatable bonds is 0. The quantitative estimate of drug-likeness (QED) is 0.487. The first kappa shape index (κ1) is 6.40. The summed E-state index contributed by atoms with van der Waals surface area (Å²) in [5, 5.41) is 3.84. The van der Waals surface area contributed by atoms with Crippen LogP contribution in [0.2, 0.25) is 0 Å². The Bertz CT molecular complexity index is 396. The second kappa shape index (κ2) is 2.08. The van der Waals surface area contributed by atoms with Gasteiger partial charge in [-0.2, -0.15) is 5.10 Å². The molecule has 0 saturated heterocycles. The number of aromatic nitrogens is 2. The number of pyridine rings is 1. The van der Waals surface area contributed by atoms with Gasteiger partial charge in [0.25, 0.3) is 0 Å². The Morgan fingerprint density at radius 1 is 1.55 bits per heavy atom. The van der Waals surface area contributed by atoms with Gasteiger partial charge in [0.2, 0.25) is 0 Å². The minimum atomic E-state index is -0.376. The lowest BCUT2D eigenvalue weighted by Gasteiger charge is -1.97. The van der Waals surface area contributed by atoms with Gasteiger partial charge in [0.15, 0.2) is 0 Å². The molecule has 0 N–H and O–H groups in total. The molecule has 0 bridgehead atoms. The minimum absolute atomic E-state index is 0.376. The van der Waals surface area contributed by atoms with Gasteiger partial charge >= 0.3 is 0 Å². The summed E-state index contributed by atoms with van der Waals surface area (Å²) in [6.07, 6.45) is 2.86. The molecule has 2 aromatic heterocycles. The molecule has 4 heteroatoms. The van der Waals surface area contributed by atoms with Crippen LogP contribution in [0.1, 0.15) is 0 Å². The van der Waals surface area contributed by atoms with Gasteiger partial charge < -0.3 is 0 Å². The van der Waals surface area contributed by atoms with E-state index >= 15 is 0 Å². The van der Waals surface area contributed by atoms with Crippen molar-refractivity contribution in [3.05, 3.63) is 30.3 Å². The van der Waals surface area contributed by atoms with Gasteiger partial charge in [-0.15, -0.1) is 0 Å². The zero-order chi connectivity index (χ0) is 7.84. The van der Waals surface area contributed by atoms with Crippen molar-refractivity contribution in [1.82, 2.24) is 9.61 Å². The second-order valence-corrected chi connectivity index (χ2v) is 2.27. The summed E-state index contributed by atoms with van der Waals surface area (Å²) >= 11 is 0. The zero-order valence-electron chi connectivity index (χ0n) is 5.66. The molecule has 2 rings (SSSR count). The van der Waals surface area contributed by atoms with Crippen molar-refractivity contribution in [3.8, 4) is 0 Å². The van der Waals surface area contributed by atoms with E-state index < -0.39 is 0 Å². The monoisotopic (exact) mass is 146 g/mol. The predicted octanol–water partition coefficient (Wildman–Crippen LogP) is 0.267. The van der Waals surface area contributed by atoms with Crippen molar-refractivity contribution in [3.63, 3.8) is 0 Å². The molecule has 0 saturated carbocycles. The first-order valence-corrected chi connectivity index (χ1v) is 3.16. The molecule has 11 heavy (non-hydrogen) atoms. The normalized spacial score (nSPS) is 10.6. The van der Waals surface area contributed by atoms with E-state index in [-0.39, 0.29) is 5.82 Å². The lowest BCUT2D eigenvalue weighted by atomic mass is 9.96. The van der Waals surface area contributed by atoms with Crippen LogP contribution in [0.3, 0.4) is 0 Å². The first-order chi connectivity index (χ1) is 5.27. The molecule has 52 valence electrons. The molecular formula is C7H4BFN2. The molecule has 0 unspecified atom stereocenters. The summed E-state index contributed by atoms with van der Waals surface area (Å²) < 4.78 is 14.0. The van der Waals surface area contributed by atoms with Crippen LogP contribution in [0.25, 0.3) is 5.52 Å². The standard InChI is InChI=1S/C7H4BFN2/c8-6-3-5(9)4-11-7(6)1-2-10-11/h1-4H. The Labute approximate surface area is 64.1 Å². The molecule has 2 nitrogen and oxygen atoms in total. The van der Waals surface area contributed by atoms with Crippen molar-refractivity contribution >= 4 is 18.8 Å². The number of halogens is 1. The summed E-state index contributed by atoms with van der Waals surface area (Å²) in [6, 6.07) is 3.01. The molecule has 2 aromatic rings. The maximum absolute atomic E-state index is 12.6. The van der Waals surface area contributed by atoms with Crippen LogP contribution in [-0.4, -0.2) is 17.5 Å². The fraction of sp³-hybridized carbons (Fsp3) is 0. The number of hydrogen-bond donors (Lipinski definition) is 0. The molecule has 0 amide bonds. The summed E-state index contributed by atoms with van der Waals surface area (Å²) in [7, 11) is 5.50. The summed E-state index contributed by atoms with van der Waals surface area (Å²) in [6.45, 7) is 0. The smallest absolute Gasteiger partial charge is 0.140 e.